The van der Waals surface area contributed by atoms with Crippen LogP contribution in [0.5, 0.6) is 5.88 Å². The van der Waals surface area contributed by atoms with Crippen LogP contribution in [0.2, 0.25) is 0 Å². The summed E-state index contributed by atoms with van der Waals surface area (Å²) in [7, 11) is 1.78. The zero-order valence-corrected chi connectivity index (χ0v) is 17.3. The van der Waals surface area contributed by atoms with Gasteiger partial charge in [-0.1, -0.05) is 0 Å². The molecule has 31 heavy (non-hydrogen) atoms. The van der Waals surface area contributed by atoms with Crippen molar-refractivity contribution in [1.82, 2.24) is 24.9 Å². The molecule has 4 N–H and O–H groups in total. The highest BCUT2D eigenvalue weighted by molar-refractivity contribution is 6.00. The van der Waals surface area contributed by atoms with Gasteiger partial charge in [0.1, 0.15) is 29.0 Å². The molecule has 2 saturated carbocycles. The van der Waals surface area contributed by atoms with Crippen LogP contribution in [0.15, 0.2) is 30.6 Å². The molecule has 2 aliphatic carbocycles. The minimum absolute atomic E-state index is 0.0780. The van der Waals surface area contributed by atoms with Crippen molar-refractivity contribution in [1.29, 1.82) is 0 Å². The molecule has 0 saturated heterocycles. The third-order valence-corrected chi connectivity index (χ3v) is 5.73. The van der Waals surface area contributed by atoms with Crippen LogP contribution in [0.3, 0.4) is 0 Å². The predicted octanol–water partition coefficient (Wildman–Crippen LogP) is 1.95. The SMILES string of the molecule is CNc1cc(Nc2cccnc2OC2CC2)nc2c(C(=O)NCC3(CO)CC3)cnn12. The highest BCUT2D eigenvalue weighted by Crippen LogP contribution is 2.44. The molecule has 0 atom stereocenters. The minimum Gasteiger partial charge on any atom is -0.473 e. The number of aliphatic hydroxyl groups excluding tert-OH is 1. The zero-order valence-electron chi connectivity index (χ0n) is 17.3. The summed E-state index contributed by atoms with van der Waals surface area (Å²) in [6, 6.07) is 5.51. The molecule has 3 aromatic rings. The highest BCUT2D eigenvalue weighted by Gasteiger charge is 2.42. The first-order valence-electron chi connectivity index (χ1n) is 10.5. The van der Waals surface area contributed by atoms with Gasteiger partial charge in [-0.05, 0) is 37.8 Å². The zero-order chi connectivity index (χ0) is 21.4. The number of rotatable bonds is 9. The number of nitrogens with zero attached hydrogens (tertiary/aromatic N) is 4. The number of hydrogen-bond acceptors (Lipinski definition) is 8. The molecule has 10 nitrogen and oxygen atoms in total. The molecule has 2 fully saturated rings. The number of pyridine rings is 1. The number of ether oxygens (including phenoxy) is 1. The Morgan fingerprint density at radius 1 is 1.39 bits per heavy atom. The molecule has 1 amide bonds. The van der Waals surface area contributed by atoms with E-state index in [0.717, 1.165) is 25.7 Å². The Balaban J connectivity index is 1.43. The second kappa shape index (κ2) is 7.69. The number of nitrogens with one attached hydrogen (secondary N) is 3. The lowest BCUT2D eigenvalue weighted by Crippen LogP contribution is -2.31. The van der Waals surface area contributed by atoms with Crippen molar-refractivity contribution in [3.8, 4) is 5.88 Å². The van der Waals surface area contributed by atoms with Crippen molar-refractivity contribution in [2.24, 2.45) is 5.41 Å². The summed E-state index contributed by atoms with van der Waals surface area (Å²) >= 11 is 0. The molecule has 0 bridgehead atoms. The van der Waals surface area contributed by atoms with E-state index in [2.05, 4.69) is 31.0 Å². The van der Waals surface area contributed by atoms with Gasteiger partial charge >= 0.3 is 0 Å². The molecule has 10 heteroatoms. The minimum atomic E-state index is -0.263. The number of carbonyl (C=O) groups excluding carboxylic acids is 1. The Bertz CT molecular complexity index is 1120. The monoisotopic (exact) mass is 423 g/mol. The topological polar surface area (TPSA) is 126 Å². The van der Waals surface area contributed by atoms with E-state index in [0.29, 0.717) is 41.0 Å². The van der Waals surface area contributed by atoms with Gasteiger partial charge in [-0.15, -0.1) is 0 Å². The van der Waals surface area contributed by atoms with E-state index in [9.17, 15) is 9.90 Å². The Hall–Kier alpha value is -3.40. The number of fused-ring (bicyclic) bond motifs is 1. The van der Waals surface area contributed by atoms with Crippen molar-refractivity contribution in [3.05, 3.63) is 36.2 Å². The molecule has 0 aliphatic heterocycles. The fraction of sp³-hybridized carbons (Fsp3) is 0.429. The lowest BCUT2D eigenvalue weighted by atomic mass is 10.1. The number of aromatic nitrogens is 4. The lowest BCUT2D eigenvalue weighted by molar-refractivity contribution is 0.0936. The number of anilines is 3. The Morgan fingerprint density at radius 2 is 2.23 bits per heavy atom. The molecular formula is C21H25N7O3. The van der Waals surface area contributed by atoms with Gasteiger partial charge in [0.25, 0.3) is 5.91 Å². The first kappa shape index (κ1) is 19.6. The van der Waals surface area contributed by atoms with Crippen LogP contribution in [0.1, 0.15) is 36.0 Å². The quantitative estimate of drug-likeness (QED) is 0.412. The molecule has 0 unspecified atom stereocenters. The Kier molecular flexibility index (Phi) is 4.85. The van der Waals surface area contributed by atoms with Crippen molar-refractivity contribution in [3.63, 3.8) is 0 Å². The van der Waals surface area contributed by atoms with Gasteiger partial charge in [0.15, 0.2) is 5.65 Å². The van der Waals surface area contributed by atoms with E-state index in [1.165, 1.54) is 6.20 Å². The molecular weight excluding hydrogens is 398 g/mol. The van der Waals surface area contributed by atoms with Crippen LogP contribution >= 0.6 is 0 Å². The normalized spacial score (nSPS) is 16.7. The van der Waals surface area contributed by atoms with Gasteiger partial charge in [0.2, 0.25) is 5.88 Å². The van der Waals surface area contributed by atoms with E-state index in [-0.39, 0.29) is 24.0 Å². The van der Waals surface area contributed by atoms with E-state index in [4.69, 9.17) is 4.74 Å². The smallest absolute Gasteiger partial charge is 0.256 e. The van der Waals surface area contributed by atoms with Gasteiger partial charge in [-0.25, -0.2) is 9.97 Å². The first-order chi connectivity index (χ1) is 15.1. The van der Waals surface area contributed by atoms with Gasteiger partial charge in [0, 0.05) is 31.3 Å². The summed E-state index contributed by atoms with van der Waals surface area (Å²) < 4.78 is 7.47. The van der Waals surface area contributed by atoms with Crippen LogP contribution in [0.4, 0.5) is 17.3 Å². The van der Waals surface area contributed by atoms with Crippen LogP contribution in [0, 0.1) is 5.41 Å². The molecule has 2 aliphatic rings. The molecule has 3 aromatic heterocycles. The van der Waals surface area contributed by atoms with Crippen molar-refractivity contribution >= 4 is 28.9 Å². The van der Waals surface area contributed by atoms with Gasteiger partial charge < -0.3 is 25.8 Å². The molecule has 0 spiro atoms. The second-order valence-corrected chi connectivity index (χ2v) is 8.21. The van der Waals surface area contributed by atoms with Gasteiger partial charge in [-0.2, -0.15) is 9.61 Å². The predicted molar refractivity (Wildman–Crippen MR) is 115 cm³/mol. The first-order valence-corrected chi connectivity index (χ1v) is 10.5. The third-order valence-electron chi connectivity index (χ3n) is 5.73. The maximum atomic E-state index is 12.8. The second-order valence-electron chi connectivity index (χ2n) is 8.21. The molecule has 3 heterocycles. The van der Waals surface area contributed by atoms with Crippen LogP contribution in [-0.4, -0.2) is 56.9 Å². The maximum absolute atomic E-state index is 12.8. The van der Waals surface area contributed by atoms with E-state index in [1.54, 1.807) is 23.8 Å². The lowest BCUT2D eigenvalue weighted by Gasteiger charge is -2.14. The van der Waals surface area contributed by atoms with Gasteiger partial charge in [0.05, 0.1) is 12.8 Å². The molecule has 0 aromatic carbocycles. The summed E-state index contributed by atoms with van der Waals surface area (Å²) in [5.41, 5.74) is 1.33. The fourth-order valence-electron chi connectivity index (χ4n) is 3.36. The van der Waals surface area contributed by atoms with Gasteiger partial charge in [-0.3, -0.25) is 4.79 Å². The summed E-state index contributed by atoms with van der Waals surface area (Å²) in [6.45, 7) is 0.517. The average molecular weight is 423 g/mol. The number of hydrogen-bond donors (Lipinski definition) is 4. The molecule has 5 rings (SSSR count). The highest BCUT2D eigenvalue weighted by atomic mass is 16.5. The summed E-state index contributed by atoms with van der Waals surface area (Å²) in [4.78, 5) is 21.8. The fourth-order valence-corrected chi connectivity index (χ4v) is 3.36. The van der Waals surface area contributed by atoms with Crippen molar-refractivity contribution < 1.29 is 14.6 Å². The summed E-state index contributed by atoms with van der Waals surface area (Å²) in [5.74, 6) is 1.48. The van der Waals surface area contributed by atoms with Crippen molar-refractivity contribution in [2.45, 2.75) is 31.8 Å². The Labute approximate surface area is 179 Å². The van der Waals surface area contributed by atoms with Crippen LogP contribution < -0.4 is 20.7 Å². The Morgan fingerprint density at radius 3 is 2.94 bits per heavy atom. The van der Waals surface area contributed by atoms with E-state index >= 15 is 0 Å². The van der Waals surface area contributed by atoms with Crippen LogP contribution in [0.25, 0.3) is 5.65 Å². The van der Waals surface area contributed by atoms with Crippen LogP contribution in [-0.2, 0) is 0 Å². The largest absolute Gasteiger partial charge is 0.473 e. The molecule has 162 valence electrons. The van der Waals surface area contributed by atoms with E-state index in [1.807, 2.05) is 12.1 Å². The third kappa shape index (κ3) is 3.98. The van der Waals surface area contributed by atoms with Crippen molar-refractivity contribution in [2.75, 3.05) is 30.8 Å². The standard InChI is InChI=1S/C21H25N7O3/c1-22-17-9-16(26-15-3-2-8-23-20(15)31-13-4-5-13)27-18-14(10-25-28(17)18)19(30)24-11-21(12-29)6-7-21/h2-3,8-10,13,22,29H,4-7,11-12H2,1H3,(H,24,30)(H,26,27). The number of aliphatic hydroxyl groups is 1. The molecule has 0 radical (unpaired) electrons. The average Bonchev–Trinajstić information content (AvgIpc) is 3.71. The number of carbonyl (C=O) groups is 1. The number of amides is 1. The van der Waals surface area contributed by atoms with E-state index < -0.39 is 0 Å². The summed E-state index contributed by atoms with van der Waals surface area (Å²) in [5, 5.41) is 23.1. The summed E-state index contributed by atoms with van der Waals surface area (Å²) in [6.07, 6.45) is 7.34. The maximum Gasteiger partial charge on any atom is 0.256 e.